The lowest BCUT2D eigenvalue weighted by Crippen LogP contribution is -2.03. The molecule has 0 radical (unpaired) electrons. The first kappa shape index (κ1) is 26.7. The maximum Gasteiger partial charge on any atom is 0.235 e. The zero-order valence-electron chi connectivity index (χ0n) is 26.1. The molecule has 49 heavy (non-hydrogen) atoms. The Morgan fingerprint density at radius 2 is 1.14 bits per heavy atom. The summed E-state index contributed by atoms with van der Waals surface area (Å²) < 4.78 is 11.6. The van der Waals surface area contributed by atoms with Gasteiger partial charge in [-0.3, -0.25) is 4.57 Å². The van der Waals surface area contributed by atoms with Crippen molar-refractivity contribution in [3.8, 4) is 28.3 Å². The van der Waals surface area contributed by atoms with Crippen LogP contribution in [0, 0.1) is 0 Å². The molecule has 0 bridgehead atoms. The second-order valence-electron chi connectivity index (χ2n) is 12.5. The van der Waals surface area contributed by atoms with Crippen LogP contribution in [0.2, 0.25) is 0 Å². The smallest absolute Gasteiger partial charge is 0.235 e. The standard InChI is InChI=1S/C44H25N3OS/c1-2-12-26(13-3-1)27-22-24-28(25-23-27)40-29-14-4-8-18-33(29)45-44(46-40)47-34-19-9-5-15-30(34)39-41(47)42-37(31-16-6-10-20-35(31)48-42)38-32-17-7-11-21-36(32)49-43(38)39/h1-25H. The van der Waals surface area contributed by atoms with Crippen LogP contribution in [-0.2, 0) is 0 Å². The Balaban J connectivity index is 1.28. The van der Waals surface area contributed by atoms with Crippen molar-refractivity contribution >= 4 is 86.2 Å². The largest absolute Gasteiger partial charge is 0.454 e. The fourth-order valence-electron chi connectivity index (χ4n) is 7.66. The van der Waals surface area contributed by atoms with Gasteiger partial charge in [-0.15, -0.1) is 11.3 Å². The Morgan fingerprint density at radius 3 is 2.00 bits per heavy atom. The van der Waals surface area contributed by atoms with Crippen LogP contribution in [0.25, 0.3) is 103 Å². The van der Waals surface area contributed by atoms with Gasteiger partial charge in [0.15, 0.2) is 5.58 Å². The maximum atomic E-state index is 6.87. The van der Waals surface area contributed by atoms with Gasteiger partial charge < -0.3 is 4.42 Å². The fourth-order valence-corrected chi connectivity index (χ4v) is 8.93. The Kier molecular flexibility index (Phi) is 5.51. The number of para-hydroxylation sites is 3. The molecule has 4 nitrogen and oxygen atoms in total. The molecule has 0 N–H and O–H groups in total. The van der Waals surface area contributed by atoms with Gasteiger partial charge in [0.25, 0.3) is 0 Å². The second-order valence-corrected chi connectivity index (χ2v) is 13.6. The lowest BCUT2D eigenvalue weighted by molar-refractivity contribution is 0.671. The molecule has 5 heteroatoms. The van der Waals surface area contributed by atoms with Gasteiger partial charge in [0.1, 0.15) is 11.1 Å². The summed E-state index contributed by atoms with van der Waals surface area (Å²) in [5.41, 5.74) is 8.96. The summed E-state index contributed by atoms with van der Waals surface area (Å²) in [6, 6.07) is 53.2. The van der Waals surface area contributed by atoms with Gasteiger partial charge in [-0.1, -0.05) is 127 Å². The monoisotopic (exact) mass is 643 g/mol. The van der Waals surface area contributed by atoms with E-state index in [1.54, 1.807) is 0 Å². The molecular formula is C44H25N3OS. The summed E-state index contributed by atoms with van der Waals surface area (Å²) >= 11 is 1.85. The summed E-state index contributed by atoms with van der Waals surface area (Å²) in [5.74, 6) is 0.620. The molecule has 0 saturated heterocycles. The number of rotatable bonds is 3. The van der Waals surface area contributed by atoms with Gasteiger partial charge in [0.05, 0.1) is 16.7 Å². The number of hydrogen-bond acceptors (Lipinski definition) is 4. The minimum atomic E-state index is 0.620. The zero-order chi connectivity index (χ0) is 32.1. The van der Waals surface area contributed by atoms with E-state index in [1.807, 2.05) is 29.5 Å². The van der Waals surface area contributed by atoms with Crippen molar-refractivity contribution in [2.45, 2.75) is 0 Å². The predicted molar refractivity (Wildman–Crippen MR) is 205 cm³/mol. The van der Waals surface area contributed by atoms with Crippen molar-refractivity contribution in [1.82, 2.24) is 14.5 Å². The lowest BCUT2D eigenvalue weighted by atomic mass is 10.0. The summed E-state index contributed by atoms with van der Waals surface area (Å²) in [5, 5.41) is 8.09. The Bertz CT molecular complexity index is 3100. The predicted octanol–water partition coefficient (Wildman–Crippen LogP) is 12.3. The number of aromatic nitrogens is 3. The number of fused-ring (bicyclic) bond motifs is 13. The van der Waals surface area contributed by atoms with Crippen LogP contribution < -0.4 is 0 Å². The highest BCUT2D eigenvalue weighted by molar-refractivity contribution is 7.27. The number of hydrogen-bond donors (Lipinski definition) is 0. The Morgan fingerprint density at radius 1 is 0.490 bits per heavy atom. The van der Waals surface area contributed by atoms with E-state index in [0.29, 0.717) is 5.95 Å². The third-order valence-corrected chi connectivity index (χ3v) is 11.0. The first-order chi connectivity index (χ1) is 24.3. The highest BCUT2D eigenvalue weighted by Crippen LogP contribution is 2.50. The molecule has 0 aliphatic carbocycles. The van der Waals surface area contributed by atoms with Crippen LogP contribution in [0.5, 0.6) is 0 Å². The van der Waals surface area contributed by atoms with Crippen molar-refractivity contribution in [3.05, 3.63) is 152 Å². The molecule has 11 aromatic rings. The maximum absolute atomic E-state index is 6.87. The first-order valence-electron chi connectivity index (χ1n) is 16.4. The van der Waals surface area contributed by atoms with E-state index in [4.69, 9.17) is 14.4 Å². The molecule has 0 fully saturated rings. The molecule has 4 heterocycles. The van der Waals surface area contributed by atoms with Crippen LogP contribution in [-0.4, -0.2) is 14.5 Å². The van der Waals surface area contributed by atoms with Crippen molar-refractivity contribution in [1.29, 1.82) is 0 Å². The van der Waals surface area contributed by atoms with Crippen LogP contribution in [0.4, 0.5) is 0 Å². The van der Waals surface area contributed by atoms with E-state index in [9.17, 15) is 0 Å². The van der Waals surface area contributed by atoms with Crippen molar-refractivity contribution in [2.24, 2.45) is 0 Å². The third kappa shape index (κ3) is 3.79. The van der Waals surface area contributed by atoms with E-state index >= 15 is 0 Å². The summed E-state index contributed by atoms with van der Waals surface area (Å²) in [7, 11) is 0. The molecule has 0 aliphatic rings. The fraction of sp³-hybridized carbons (Fsp3) is 0. The molecular weight excluding hydrogens is 619 g/mol. The average molecular weight is 644 g/mol. The van der Waals surface area contributed by atoms with Crippen LogP contribution in [0.3, 0.4) is 0 Å². The van der Waals surface area contributed by atoms with Gasteiger partial charge in [0, 0.05) is 52.7 Å². The molecule has 0 spiro atoms. The Labute approximate surface area is 284 Å². The second kappa shape index (κ2) is 10.1. The zero-order valence-corrected chi connectivity index (χ0v) is 26.9. The molecule has 0 aliphatic heterocycles. The summed E-state index contributed by atoms with van der Waals surface area (Å²) in [6.45, 7) is 0. The van der Waals surface area contributed by atoms with E-state index in [-0.39, 0.29) is 0 Å². The van der Waals surface area contributed by atoms with E-state index in [1.165, 1.54) is 36.7 Å². The van der Waals surface area contributed by atoms with E-state index in [0.717, 1.165) is 60.5 Å². The van der Waals surface area contributed by atoms with Gasteiger partial charge in [-0.25, -0.2) is 9.97 Å². The highest BCUT2D eigenvalue weighted by atomic mass is 32.1. The normalized spacial score (nSPS) is 12.1. The molecule has 0 atom stereocenters. The van der Waals surface area contributed by atoms with Gasteiger partial charge >= 0.3 is 0 Å². The molecule has 0 saturated carbocycles. The lowest BCUT2D eigenvalue weighted by Gasteiger charge is -2.12. The summed E-state index contributed by atoms with van der Waals surface area (Å²) in [6.07, 6.45) is 0. The molecule has 0 amide bonds. The van der Waals surface area contributed by atoms with Crippen LogP contribution >= 0.6 is 11.3 Å². The van der Waals surface area contributed by atoms with Crippen molar-refractivity contribution in [2.75, 3.05) is 0 Å². The SMILES string of the molecule is c1ccc(-c2ccc(-c3nc(-n4c5ccccc5c5c6sc7ccccc7c6c6c7ccccc7oc6c54)nc4ccccc34)cc2)cc1. The molecule has 11 rings (SSSR count). The van der Waals surface area contributed by atoms with E-state index in [2.05, 4.69) is 138 Å². The third-order valence-electron chi connectivity index (χ3n) is 9.81. The molecule has 7 aromatic carbocycles. The van der Waals surface area contributed by atoms with E-state index < -0.39 is 0 Å². The van der Waals surface area contributed by atoms with Crippen LogP contribution in [0.15, 0.2) is 156 Å². The first-order valence-corrected chi connectivity index (χ1v) is 17.2. The Hall–Kier alpha value is -6.30. The van der Waals surface area contributed by atoms with Gasteiger partial charge in [-0.2, -0.15) is 0 Å². The highest BCUT2D eigenvalue weighted by Gasteiger charge is 2.26. The average Bonchev–Trinajstić information content (AvgIpc) is 3.85. The van der Waals surface area contributed by atoms with Gasteiger partial charge in [-0.05, 0) is 35.4 Å². The minimum absolute atomic E-state index is 0.620. The van der Waals surface area contributed by atoms with Crippen molar-refractivity contribution < 1.29 is 4.42 Å². The number of benzene rings is 7. The molecule has 4 aromatic heterocycles. The topological polar surface area (TPSA) is 43.9 Å². The summed E-state index contributed by atoms with van der Waals surface area (Å²) in [4.78, 5) is 10.7. The quantitative estimate of drug-likeness (QED) is 0.192. The molecule has 0 unspecified atom stereocenters. The number of nitrogens with zero attached hydrogens (tertiary/aromatic N) is 3. The number of thiophene rings is 1. The van der Waals surface area contributed by atoms with Crippen LogP contribution in [0.1, 0.15) is 0 Å². The number of furan rings is 1. The minimum Gasteiger partial charge on any atom is -0.454 e. The molecule has 228 valence electrons. The van der Waals surface area contributed by atoms with Gasteiger partial charge in [0.2, 0.25) is 5.95 Å². The van der Waals surface area contributed by atoms with Crippen molar-refractivity contribution in [3.63, 3.8) is 0 Å².